The van der Waals surface area contributed by atoms with Gasteiger partial charge in [-0.2, -0.15) is 0 Å². The molecule has 1 aliphatic heterocycles. The molecule has 0 spiro atoms. The van der Waals surface area contributed by atoms with Crippen LogP contribution in [-0.4, -0.2) is 30.6 Å². The molecule has 6 heteroatoms. The minimum absolute atomic E-state index is 0.128. The Labute approximate surface area is 153 Å². The SMILES string of the molecule is O=C(OCC1COC(CBr)(c2cccc(Cl)c2)O1)c1ccccc1. The molecule has 126 valence electrons. The summed E-state index contributed by atoms with van der Waals surface area (Å²) < 4.78 is 17.2. The first-order valence-electron chi connectivity index (χ1n) is 7.49. The van der Waals surface area contributed by atoms with Crippen LogP contribution in [0.1, 0.15) is 15.9 Å². The fraction of sp³-hybridized carbons (Fsp3) is 0.278. The zero-order valence-corrected chi connectivity index (χ0v) is 15.1. The molecule has 0 aliphatic carbocycles. The Morgan fingerprint density at radius 1 is 1.25 bits per heavy atom. The number of benzene rings is 2. The zero-order valence-electron chi connectivity index (χ0n) is 12.8. The fourth-order valence-corrected chi connectivity index (χ4v) is 3.31. The van der Waals surface area contributed by atoms with Crippen molar-refractivity contribution in [2.24, 2.45) is 0 Å². The number of carbonyl (C=O) groups excluding carboxylic acids is 1. The van der Waals surface area contributed by atoms with Crippen molar-refractivity contribution in [2.45, 2.75) is 11.9 Å². The second kappa shape index (κ2) is 7.66. The van der Waals surface area contributed by atoms with E-state index < -0.39 is 5.79 Å². The molecule has 1 saturated heterocycles. The van der Waals surface area contributed by atoms with Gasteiger partial charge in [-0.3, -0.25) is 0 Å². The first-order chi connectivity index (χ1) is 11.6. The number of hydrogen-bond donors (Lipinski definition) is 0. The van der Waals surface area contributed by atoms with Crippen LogP contribution < -0.4 is 0 Å². The van der Waals surface area contributed by atoms with Crippen LogP contribution in [0.2, 0.25) is 5.02 Å². The normalized spacial score (nSPS) is 23.2. The number of rotatable bonds is 5. The molecule has 1 aliphatic rings. The van der Waals surface area contributed by atoms with Gasteiger partial charge in [0.25, 0.3) is 0 Å². The average molecular weight is 412 g/mol. The van der Waals surface area contributed by atoms with Crippen LogP contribution in [0.4, 0.5) is 0 Å². The second-order valence-electron chi connectivity index (χ2n) is 5.41. The van der Waals surface area contributed by atoms with Gasteiger partial charge in [-0.15, -0.1) is 0 Å². The zero-order chi connectivity index (χ0) is 17.0. The molecule has 3 rings (SSSR count). The summed E-state index contributed by atoms with van der Waals surface area (Å²) >= 11 is 9.49. The maximum absolute atomic E-state index is 12.0. The number of alkyl halides is 1. The Balaban J connectivity index is 1.63. The van der Waals surface area contributed by atoms with Crippen molar-refractivity contribution in [2.75, 3.05) is 18.5 Å². The van der Waals surface area contributed by atoms with Crippen molar-refractivity contribution in [1.29, 1.82) is 0 Å². The Kier molecular flexibility index (Phi) is 5.56. The lowest BCUT2D eigenvalue weighted by atomic mass is 10.1. The van der Waals surface area contributed by atoms with Crippen LogP contribution in [0.15, 0.2) is 54.6 Å². The molecular weight excluding hydrogens is 396 g/mol. The van der Waals surface area contributed by atoms with Crippen molar-refractivity contribution in [3.05, 3.63) is 70.7 Å². The molecule has 0 N–H and O–H groups in total. The molecule has 0 saturated carbocycles. The summed E-state index contributed by atoms with van der Waals surface area (Å²) in [7, 11) is 0. The van der Waals surface area contributed by atoms with Crippen LogP contribution in [-0.2, 0) is 20.0 Å². The lowest BCUT2D eigenvalue weighted by Crippen LogP contribution is -2.31. The molecule has 24 heavy (non-hydrogen) atoms. The quantitative estimate of drug-likeness (QED) is 0.547. The van der Waals surface area contributed by atoms with E-state index in [1.54, 1.807) is 36.4 Å². The number of hydrogen-bond acceptors (Lipinski definition) is 4. The largest absolute Gasteiger partial charge is 0.459 e. The predicted octanol–water partition coefficient (Wildman–Crippen LogP) is 4.16. The van der Waals surface area contributed by atoms with Gasteiger partial charge < -0.3 is 14.2 Å². The minimum atomic E-state index is -0.922. The van der Waals surface area contributed by atoms with E-state index in [1.807, 2.05) is 18.2 Å². The first-order valence-corrected chi connectivity index (χ1v) is 8.99. The van der Waals surface area contributed by atoms with Crippen LogP contribution in [0.3, 0.4) is 0 Å². The van der Waals surface area contributed by atoms with Crippen LogP contribution in [0.5, 0.6) is 0 Å². The van der Waals surface area contributed by atoms with E-state index in [-0.39, 0.29) is 18.7 Å². The standard InChI is InChI=1S/C18H16BrClO4/c19-12-18(14-7-4-8-15(20)9-14)23-11-16(24-18)10-22-17(21)13-5-2-1-3-6-13/h1-9,16H,10-12H2. The second-order valence-corrected chi connectivity index (χ2v) is 6.41. The lowest BCUT2D eigenvalue weighted by molar-refractivity contribution is -0.160. The van der Waals surface area contributed by atoms with E-state index in [9.17, 15) is 4.79 Å². The summed E-state index contributed by atoms with van der Waals surface area (Å²) in [5.74, 6) is -1.30. The van der Waals surface area contributed by atoms with Gasteiger partial charge in [0.05, 0.1) is 17.5 Å². The summed E-state index contributed by atoms with van der Waals surface area (Å²) in [5, 5.41) is 1.06. The van der Waals surface area contributed by atoms with Crippen molar-refractivity contribution < 1.29 is 19.0 Å². The molecule has 1 fully saturated rings. The van der Waals surface area contributed by atoms with E-state index in [2.05, 4.69) is 15.9 Å². The smallest absolute Gasteiger partial charge is 0.338 e. The Bertz CT molecular complexity index is 709. The fourth-order valence-electron chi connectivity index (χ4n) is 2.50. The average Bonchev–Trinajstić information content (AvgIpc) is 3.05. The maximum atomic E-state index is 12.0. The third-order valence-electron chi connectivity index (χ3n) is 3.71. The van der Waals surface area contributed by atoms with Gasteiger partial charge in [0.15, 0.2) is 0 Å². The molecule has 0 bridgehead atoms. The van der Waals surface area contributed by atoms with Gasteiger partial charge in [-0.1, -0.05) is 57.9 Å². The predicted molar refractivity (Wildman–Crippen MR) is 94.5 cm³/mol. The Hall–Kier alpha value is -1.40. The van der Waals surface area contributed by atoms with E-state index >= 15 is 0 Å². The number of carbonyl (C=O) groups is 1. The molecule has 4 nitrogen and oxygen atoms in total. The van der Waals surface area contributed by atoms with E-state index in [1.165, 1.54) is 0 Å². The first kappa shape index (κ1) is 17.4. The molecule has 0 aromatic heterocycles. The number of ether oxygens (including phenoxy) is 3. The van der Waals surface area contributed by atoms with Crippen molar-refractivity contribution in [1.82, 2.24) is 0 Å². The lowest BCUT2D eigenvalue weighted by Gasteiger charge is -2.26. The molecule has 2 aromatic carbocycles. The Morgan fingerprint density at radius 2 is 2.04 bits per heavy atom. The molecule has 0 amide bonds. The number of esters is 1. The van der Waals surface area contributed by atoms with Crippen molar-refractivity contribution >= 4 is 33.5 Å². The third-order valence-corrected chi connectivity index (χ3v) is 4.68. The summed E-state index contributed by atoms with van der Waals surface area (Å²) in [6, 6.07) is 16.2. The molecule has 2 unspecified atom stereocenters. The van der Waals surface area contributed by atoms with Gasteiger partial charge >= 0.3 is 5.97 Å². The van der Waals surface area contributed by atoms with Crippen molar-refractivity contribution in [3.63, 3.8) is 0 Å². The van der Waals surface area contributed by atoms with E-state index in [4.69, 9.17) is 25.8 Å². The minimum Gasteiger partial charge on any atom is -0.459 e. The van der Waals surface area contributed by atoms with Crippen molar-refractivity contribution in [3.8, 4) is 0 Å². The van der Waals surface area contributed by atoms with E-state index in [0.717, 1.165) is 5.56 Å². The summed E-state index contributed by atoms with van der Waals surface area (Å²) in [6.45, 7) is 0.462. The van der Waals surface area contributed by atoms with Gasteiger partial charge in [0, 0.05) is 10.6 Å². The summed E-state index contributed by atoms with van der Waals surface area (Å²) in [6.07, 6.45) is -0.339. The topological polar surface area (TPSA) is 44.8 Å². The van der Waals surface area contributed by atoms with Gasteiger partial charge in [0.2, 0.25) is 5.79 Å². The van der Waals surface area contributed by atoms with Crippen LogP contribution >= 0.6 is 27.5 Å². The van der Waals surface area contributed by atoms with Crippen LogP contribution in [0, 0.1) is 0 Å². The molecule has 2 aromatic rings. The van der Waals surface area contributed by atoms with E-state index in [0.29, 0.717) is 22.5 Å². The molecule has 2 atom stereocenters. The molecule has 0 radical (unpaired) electrons. The highest BCUT2D eigenvalue weighted by atomic mass is 79.9. The maximum Gasteiger partial charge on any atom is 0.338 e. The molecular formula is C18H16BrClO4. The van der Waals surface area contributed by atoms with Crippen LogP contribution in [0.25, 0.3) is 0 Å². The highest BCUT2D eigenvalue weighted by molar-refractivity contribution is 9.09. The van der Waals surface area contributed by atoms with Gasteiger partial charge in [0.1, 0.15) is 12.7 Å². The summed E-state index contributed by atoms with van der Waals surface area (Å²) in [5.41, 5.74) is 1.33. The molecule has 1 heterocycles. The summed E-state index contributed by atoms with van der Waals surface area (Å²) in [4.78, 5) is 12.0. The monoisotopic (exact) mass is 410 g/mol. The Morgan fingerprint density at radius 3 is 2.75 bits per heavy atom. The van der Waals surface area contributed by atoms with Gasteiger partial charge in [-0.05, 0) is 24.3 Å². The highest BCUT2D eigenvalue weighted by Gasteiger charge is 2.43. The van der Waals surface area contributed by atoms with Gasteiger partial charge in [-0.25, -0.2) is 4.79 Å². The third kappa shape index (κ3) is 3.81. The highest BCUT2D eigenvalue weighted by Crippen LogP contribution is 2.37. The number of halogens is 2.